The van der Waals surface area contributed by atoms with Gasteiger partial charge in [0.15, 0.2) is 5.76 Å². The van der Waals surface area contributed by atoms with E-state index in [1.54, 1.807) is 4.90 Å². The summed E-state index contributed by atoms with van der Waals surface area (Å²) in [5, 5.41) is 3.17. The van der Waals surface area contributed by atoms with Crippen LogP contribution < -0.4 is 10.0 Å². The monoisotopic (exact) mass is 327 g/mol. The van der Waals surface area contributed by atoms with Crippen molar-refractivity contribution in [2.45, 2.75) is 17.9 Å². The molecule has 2 atom stereocenters. The van der Waals surface area contributed by atoms with E-state index in [-0.39, 0.29) is 16.8 Å². The zero-order chi connectivity index (χ0) is 15.7. The van der Waals surface area contributed by atoms with Crippen LogP contribution in [0.25, 0.3) is 0 Å². The van der Waals surface area contributed by atoms with E-state index in [0.717, 1.165) is 25.9 Å². The zero-order valence-corrected chi connectivity index (χ0v) is 13.4. The lowest BCUT2D eigenvalue weighted by molar-refractivity contribution is 0.0720. The molecule has 0 aromatic carbocycles. The Labute approximate surface area is 130 Å². The molecule has 1 aromatic rings. The number of likely N-dealkylation sites (tertiary alicyclic amines) is 1. The molecule has 22 heavy (non-hydrogen) atoms. The van der Waals surface area contributed by atoms with Gasteiger partial charge in [-0.2, -0.15) is 0 Å². The Morgan fingerprint density at radius 2 is 1.91 bits per heavy atom. The van der Waals surface area contributed by atoms with Crippen LogP contribution in [0.2, 0.25) is 0 Å². The van der Waals surface area contributed by atoms with Crippen molar-refractivity contribution in [3.8, 4) is 0 Å². The number of sulfonamides is 1. The number of hydrogen-bond acceptors (Lipinski definition) is 5. The summed E-state index contributed by atoms with van der Waals surface area (Å²) in [6.07, 6.45) is 1.96. The summed E-state index contributed by atoms with van der Waals surface area (Å²) in [5.41, 5.74) is 0. The van der Waals surface area contributed by atoms with Gasteiger partial charge >= 0.3 is 0 Å². The van der Waals surface area contributed by atoms with E-state index >= 15 is 0 Å². The molecule has 2 fully saturated rings. The minimum absolute atomic E-state index is 0.0824. The molecule has 1 amide bonds. The quantitative estimate of drug-likeness (QED) is 0.831. The van der Waals surface area contributed by atoms with Crippen LogP contribution in [0.5, 0.6) is 0 Å². The fourth-order valence-corrected chi connectivity index (χ4v) is 3.91. The number of nitrogens with zero attached hydrogens (tertiary/aromatic N) is 1. The average molecular weight is 327 g/mol. The molecule has 1 aromatic heterocycles. The first-order chi connectivity index (χ1) is 10.5. The van der Waals surface area contributed by atoms with Crippen LogP contribution in [0.15, 0.2) is 21.6 Å². The SMILES string of the molecule is CNS(=O)(=O)c1ccc(C(=O)N2CC[C@@H]3CNC[C@@H]3CC2)o1. The van der Waals surface area contributed by atoms with E-state index < -0.39 is 10.0 Å². The number of hydrogen-bond donors (Lipinski definition) is 2. The minimum Gasteiger partial charge on any atom is -0.438 e. The van der Waals surface area contributed by atoms with Crippen LogP contribution in [-0.2, 0) is 10.0 Å². The van der Waals surface area contributed by atoms with E-state index in [1.165, 1.54) is 19.2 Å². The molecular weight excluding hydrogens is 306 g/mol. The fraction of sp³-hybridized carbons (Fsp3) is 0.643. The van der Waals surface area contributed by atoms with Gasteiger partial charge in [-0.3, -0.25) is 4.79 Å². The molecular formula is C14H21N3O4S. The first-order valence-corrected chi connectivity index (χ1v) is 9.03. The Morgan fingerprint density at radius 3 is 2.50 bits per heavy atom. The number of carbonyl (C=O) groups excluding carboxylic acids is 1. The zero-order valence-electron chi connectivity index (χ0n) is 12.5. The largest absolute Gasteiger partial charge is 0.438 e. The molecule has 0 saturated carbocycles. The van der Waals surface area contributed by atoms with Gasteiger partial charge in [-0.1, -0.05) is 0 Å². The maximum atomic E-state index is 12.5. The summed E-state index contributed by atoms with van der Waals surface area (Å²) >= 11 is 0. The molecule has 3 heterocycles. The maximum absolute atomic E-state index is 12.5. The molecule has 0 aliphatic carbocycles. The molecule has 2 aliphatic heterocycles. The highest BCUT2D eigenvalue weighted by molar-refractivity contribution is 7.89. The summed E-state index contributed by atoms with van der Waals surface area (Å²) in [7, 11) is -2.35. The Hall–Kier alpha value is -1.38. The van der Waals surface area contributed by atoms with E-state index in [2.05, 4.69) is 10.0 Å². The van der Waals surface area contributed by atoms with Crippen LogP contribution >= 0.6 is 0 Å². The average Bonchev–Trinajstić information content (AvgIpc) is 3.13. The standard InChI is InChI=1S/C14H21N3O4S/c1-15-22(19,20)13-3-2-12(21-13)14(18)17-6-4-10-8-16-9-11(10)5-7-17/h2-3,10-11,15-16H,4-9H2,1H3/t10-,11+. The first-order valence-electron chi connectivity index (χ1n) is 7.54. The van der Waals surface area contributed by atoms with Crippen molar-refractivity contribution in [1.82, 2.24) is 14.9 Å². The van der Waals surface area contributed by atoms with Crippen molar-refractivity contribution in [3.05, 3.63) is 17.9 Å². The molecule has 0 unspecified atom stereocenters. The molecule has 122 valence electrons. The van der Waals surface area contributed by atoms with E-state index in [1.807, 2.05) is 0 Å². The summed E-state index contributed by atoms with van der Waals surface area (Å²) < 4.78 is 30.7. The van der Waals surface area contributed by atoms with Gasteiger partial charge in [0.25, 0.3) is 15.9 Å². The molecule has 2 aliphatic rings. The van der Waals surface area contributed by atoms with Gasteiger partial charge in [0.05, 0.1) is 0 Å². The van der Waals surface area contributed by atoms with Gasteiger partial charge < -0.3 is 14.6 Å². The number of carbonyl (C=O) groups is 1. The highest BCUT2D eigenvalue weighted by Gasteiger charge is 2.32. The number of rotatable bonds is 3. The van der Waals surface area contributed by atoms with Gasteiger partial charge in [-0.25, -0.2) is 13.1 Å². The lowest BCUT2D eigenvalue weighted by Crippen LogP contribution is -2.32. The predicted octanol–water partition coefficient (Wildman–Crippen LogP) is 0.259. The number of fused-ring (bicyclic) bond motifs is 1. The second-order valence-corrected chi connectivity index (χ2v) is 7.69. The van der Waals surface area contributed by atoms with E-state index in [0.29, 0.717) is 24.9 Å². The van der Waals surface area contributed by atoms with E-state index in [4.69, 9.17) is 4.42 Å². The lowest BCUT2D eigenvalue weighted by atomic mass is 9.92. The molecule has 2 saturated heterocycles. The normalized spacial score (nSPS) is 25.8. The molecule has 0 bridgehead atoms. The van der Waals surface area contributed by atoms with Crippen molar-refractivity contribution < 1.29 is 17.6 Å². The fourth-order valence-electron chi connectivity index (χ4n) is 3.26. The Bertz CT molecular complexity index is 641. The summed E-state index contributed by atoms with van der Waals surface area (Å²) in [6, 6.07) is 2.75. The third kappa shape index (κ3) is 2.90. The van der Waals surface area contributed by atoms with E-state index in [9.17, 15) is 13.2 Å². The van der Waals surface area contributed by atoms with Crippen LogP contribution in [0.1, 0.15) is 23.4 Å². The number of nitrogens with one attached hydrogen (secondary N) is 2. The van der Waals surface area contributed by atoms with Crippen molar-refractivity contribution in [3.63, 3.8) is 0 Å². The topological polar surface area (TPSA) is 91.7 Å². The van der Waals surface area contributed by atoms with Gasteiger partial charge in [0.2, 0.25) is 5.09 Å². The van der Waals surface area contributed by atoms with Crippen molar-refractivity contribution in [1.29, 1.82) is 0 Å². The Kier molecular flexibility index (Phi) is 4.24. The highest BCUT2D eigenvalue weighted by atomic mass is 32.2. The molecule has 0 radical (unpaired) electrons. The van der Waals surface area contributed by atoms with Gasteiger partial charge in [0.1, 0.15) is 0 Å². The van der Waals surface area contributed by atoms with Gasteiger partial charge in [-0.15, -0.1) is 0 Å². The second kappa shape index (κ2) is 6.02. The first kappa shape index (κ1) is 15.5. The molecule has 3 rings (SSSR count). The summed E-state index contributed by atoms with van der Waals surface area (Å²) in [5.74, 6) is 1.12. The molecule has 8 heteroatoms. The second-order valence-electron chi connectivity index (χ2n) is 5.87. The van der Waals surface area contributed by atoms with Crippen LogP contribution in [0.4, 0.5) is 0 Å². The van der Waals surface area contributed by atoms with Crippen LogP contribution in [0, 0.1) is 11.8 Å². The van der Waals surface area contributed by atoms with Crippen molar-refractivity contribution >= 4 is 15.9 Å². The van der Waals surface area contributed by atoms with Crippen LogP contribution in [-0.4, -0.2) is 52.5 Å². The number of furan rings is 1. The summed E-state index contributed by atoms with van der Waals surface area (Å²) in [6.45, 7) is 3.43. The van der Waals surface area contributed by atoms with Crippen molar-refractivity contribution in [2.75, 3.05) is 33.2 Å². The van der Waals surface area contributed by atoms with Crippen LogP contribution in [0.3, 0.4) is 0 Å². The van der Waals surface area contributed by atoms with Gasteiger partial charge in [-0.05, 0) is 56.9 Å². The predicted molar refractivity (Wildman–Crippen MR) is 79.9 cm³/mol. The van der Waals surface area contributed by atoms with Crippen molar-refractivity contribution in [2.24, 2.45) is 11.8 Å². The number of amides is 1. The molecule has 7 nitrogen and oxygen atoms in total. The summed E-state index contributed by atoms with van der Waals surface area (Å²) in [4.78, 5) is 14.3. The Morgan fingerprint density at radius 1 is 1.27 bits per heavy atom. The third-order valence-corrected chi connectivity index (χ3v) is 5.92. The lowest BCUT2D eigenvalue weighted by Gasteiger charge is -2.19. The van der Waals surface area contributed by atoms with Gasteiger partial charge in [0, 0.05) is 13.1 Å². The third-order valence-electron chi connectivity index (χ3n) is 4.63. The highest BCUT2D eigenvalue weighted by Crippen LogP contribution is 2.28. The maximum Gasteiger partial charge on any atom is 0.289 e. The minimum atomic E-state index is -3.66. The smallest absolute Gasteiger partial charge is 0.289 e. The molecule has 0 spiro atoms. The Balaban J connectivity index is 1.71. The molecule has 2 N–H and O–H groups in total.